The molecule has 154 valence electrons. The standard InChI is InChI=1S/C21H27N5O3/c1-3-25-10-8-22-19(25)13-23-20(27)11-15-5-4-9-26(14-15)21-24-17-12-16(28-2)6-7-18(17)29-21/h6-8,10,12,15H,3-5,9,11,13-14H2,1-2H3,(H,23,27). The number of hydrogen-bond acceptors (Lipinski definition) is 6. The van der Waals surface area contributed by atoms with Gasteiger partial charge in [0.2, 0.25) is 5.91 Å². The van der Waals surface area contributed by atoms with Crippen LogP contribution in [0.15, 0.2) is 35.0 Å². The smallest absolute Gasteiger partial charge is 0.298 e. The lowest BCUT2D eigenvalue weighted by Crippen LogP contribution is -2.38. The van der Waals surface area contributed by atoms with Crippen LogP contribution in [0.3, 0.4) is 0 Å². The van der Waals surface area contributed by atoms with Gasteiger partial charge in [0.05, 0.1) is 13.7 Å². The Morgan fingerprint density at radius 1 is 1.41 bits per heavy atom. The number of methoxy groups -OCH3 is 1. The van der Waals surface area contributed by atoms with Gasteiger partial charge in [-0.3, -0.25) is 4.79 Å². The third kappa shape index (κ3) is 4.36. The molecule has 8 nitrogen and oxygen atoms in total. The topological polar surface area (TPSA) is 85.4 Å². The predicted molar refractivity (Wildman–Crippen MR) is 110 cm³/mol. The number of carbonyl (C=O) groups is 1. The maximum absolute atomic E-state index is 12.4. The largest absolute Gasteiger partial charge is 0.497 e. The summed E-state index contributed by atoms with van der Waals surface area (Å²) in [6, 6.07) is 6.23. The molecule has 2 aromatic heterocycles. The van der Waals surface area contributed by atoms with Gasteiger partial charge in [-0.05, 0) is 37.8 Å². The highest BCUT2D eigenvalue weighted by Gasteiger charge is 2.25. The molecule has 0 saturated carbocycles. The lowest BCUT2D eigenvalue weighted by atomic mass is 9.94. The maximum atomic E-state index is 12.4. The van der Waals surface area contributed by atoms with Crippen LogP contribution in [-0.4, -0.2) is 40.6 Å². The molecule has 1 aliphatic heterocycles. The minimum Gasteiger partial charge on any atom is -0.497 e. The molecule has 1 N–H and O–H groups in total. The Hall–Kier alpha value is -3.03. The van der Waals surface area contributed by atoms with Crippen molar-refractivity contribution in [1.29, 1.82) is 0 Å². The summed E-state index contributed by atoms with van der Waals surface area (Å²) in [5, 5.41) is 3.00. The number of ether oxygens (including phenoxy) is 1. The number of nitrogens with one attached hydrogen (secondary N) is 1. The second kappa shape index (κ2) is 8.55. The van der Waals surface area contributed by atoms with Crippen molar-refractivity contribution in [2.75, 3.05) is 25.1 Å². The van der Waals surface area contributed by atoms with E-state index in [9.17, 15) is 4.79 Å². The number of hydrogen-bond donors (Lipinski definition) is 1. The van der Waals surface area contributed by atoms with Crippen LogP contribution in [0.2, 0.25) is 0 Å². The number of imidazole rings is 1. The average Bonchev–Trinajstić information content (AvgIpc) is 3.38. The molecule has 1 aromatic carbocycles. The monoisotopic (exact) mass is 397 g/mol. The molecule has 1 fully saturated rings. The molecular formula is C21H27N5O3. The van der Waals surface area contributed by atoms with Crippen molar-refractivity contribution in [3.8, 4) is 5.75 Å². The van der Waals surface area contributed by atoms with Gasteiger partial charge < -0.3 is 23.9 Å². The van der Waals surface area contributed by atoms with E-state index in [-0.39, 0.29) is 11.8 Å². The van der Waals surface area contributed by atoms with Crippen molar-refractivity contribution in [2.45, 2.75) is 39.3 Å². The number of amides is 1. The van der Waals surface area contributed by atoms with Crippen LogP contribution in [0.1, 0.15) is 32.0 Å². The lowest BCUT2D eigenvalue weighted by molar-refractivity contribution is -0.122. The molecule has 1 saturated heterocycles. The predicted octanol–water partition coefficient (Wildman–Crippen LogP) is 2.98. The second-order valence-electron chi connectivity index (χ2n) is 7.39. The molecule has 0 radical (unpaired) electrons. The number of fused-ring (bicyclic) bond motifs is 1. The molecule has 1 amide bonds. The molecule has 0 aliphatic carbocycles. The molecule has 1 aliphatic rings. The highest BCUT2D eigenvalue weighted by Crippen LogP contribution is 2.29. The molecule has 4 rings (SSSR count). The molecule has 8 heteroatoms. The zero-order valence-electron chi connectivity index (χ0n) is 16.9. The number of aromatic nitrogens is 3. The van der Waals surface area contributed by atoms with Crippen LogP contribution in [0.25, 0.3) is 11.1 Å². The van der Waals surface area contributed by atoms with Crippen LogP contribution in [0.5, 0.6) is 5.75 Å². The number of benzene rings is 1. The molecule has 3 aromatic rings. The minimum atomic E-state index is 0.0600. The van der Waals surface area contributed by atoms with Gasteiger partial charge in [-0.25, -0.2) is 4.98 Å². The fourth-order valence-electron chi connectivity index (χ4n) is 3.87. The van der Waals surface area contributed by atoms with Crippen molar-refractivity contribution < 1.29 is 13.9 Å². The molecule has 0 bridgehead atoms. The van der Waals surface area contributed by atoms with Gasteiger partial charge in [-0.2, -0.15) is 4.98 Å². The first-order valence-electron chi connectivity index (χ1n) is 10.1. The van der Waals surface area contributed by atoms with E-state index in [1.807, 2.05) is 29.0 Å². The van der Waals surface area contributed by atoms with E-state index in [4.69, 9.17) is 9.15 Å². The van der Waals surface area contributed by atoms with E-state index < -0.39 is 0 Å². The average molecular weight is 397 g/mol. The Labute approximate surface area is 169 Å². The molecule has 1 atom stereocenters. The Kier molecular flexibility index (Phi) is 5.69. The zero-order valence-corrected chi connectivity index (χ0v) is 16.9. The third-order valence-electron chi connectivity index (χ3n) is 5.43. The normalized spacial score (nSPS) is 16.9. The summed E-state index contributed by atoms with van der Waals surface area (Å²) in [5.74, 6) is 1.98. The number of rotatable bonds is 7. The zero-order chi connectivity index (χ0) is 20.2. The third-order valence-corrected chi connectivity index (χ3v) is 5.43. The Morgan fingerprint density at radius 2 is 2.31 bits per heavy atom. The summed E-state index contributed by atoms with van der Waals surface area (Å²) < 4.78 is 13.2. The van der Waals surface area contributed by atoms with Crippen molar-refractivity contribution in [1.82, 2.24) is 19.9 Å². The highest BCUT2D eigenvalue weighted by molar-refractivity contribution is 5.77. The Morgan fingerprint density at radius 3 is 3.14 bits per heavy atom. The summed E-state index contributed by atoms with van der Waals surface area (Å²) in [6.07, 6.45) is 6.23. The molecule has 1 unspecified atom stereocenters. The quantitative estimate of drug-likeness (QED) is 0.660. The molecule has 0 spiro atoms. The van der Waals surface area contributed by atoms with Crippen molar-refractivity contribution >= 4 is 23.0 Å². The number of anilines is 1. The van der Waals surface area contributed by atoms with Gasteiger partial charge in [-0.15, -0.1) is 0 Å². The van der Waals surface area contributed by atoms with Crippen LogP contribution in [0, 0.1) is 5.92 Å². The maximum Gasteiger partial charge on any atom is 0.298 e. The first-order chi connectivity index (χ1) is 14.2. The van der Waals surface area contributed by atoms with Gasteiger partial charge in [0, 0.05) is 44.5 Å². The van der Waals surface area contributed by atoms with E-state index in [0.717, 1.165) is 55.1 Å². The summed E-state index contributed by atoms with van der Waals surface area (Å²) in [5.41, 5.74) is 1.53. The van der Waals surface area contributed by atoms with Crippen LogP contribution >= 0.6 is 0 Å². The molecule has 29 heavy (non-hydrogen) atoms. The first-order valence-corrected chi connectivity index (χ1v) is 10.1. The number of aryl methyl sites for hydroxylation is 1. The number of nitrogens with zero attached hydrogens (tertiary/aromatic N) is 4. The fourth-order valence-corrected chi connectivity index (χ4v) is 3.87. The van der Waals surface area contributed by atoms with Gasteiger partial charge in [0.1, 0.15) is 17.1 Å². The number of oxazole rings is 1. The highest BCUT2D eigenvalue weighted by atomic mass is 16.5. The minimum absolute atomic E-state index is 0.0600. The SMILES string of the molecule is CCn1ccnc1CNC(=O)CC1CCCN(c2nc3cc(OC)ccc3o2)C1. The summed E-state index contributed by atoms with van der Waals surface area (Å²) in [7, 11) is 1.64. The van der Waals surface area contributed by atoms with Crippen LogP contribution in [0.4, 0.5) is 6.01 Å². The number of piperidine rings is 1. The van der Waals surface area contributed by atoms with Crippen LogP contribution in [-0.2, 0) is 17.9 Å². The molecular weight excluding hydrogens is 370 g/mol. The summed E-state index contributed by atoms with van der Waals surface area (Å²) >= 11 is 0. The van der Waals surface area contributed by atoms with Gasteiger partial charge in [0.25, 0.3) is 6.01 Å². The second-order valence-corrected chi connectivity index (χ2v) is 7.39. The number of carbonyl (C=O) groups excluding carboxylic acids is 1. The van der Waals surface area contributed by atoms with Crippen molar-refractivity contribution in [2.24, 2.45) is 5.92 Å². The van der Waals surface area contributed by atoms with Gasteiger partial charge in [-0.1, -0.05) is 0 Å². The fraction of sp³-hybridized carbons (Fsp3) is 0.476. The Bertz CT molecular complexity index is 980. The van der Waals surface area contributed by atoms with Gasteiger partial charge in [0.15, 0.2) is 5.58 Å². The van der Waals surface area contributed by atoms with E-state index in [0.29, 0.717) is 19.0 Å². The van der Waals surface area contributed by atoms with E-state index in [2.05, 4.69) is 27.1 Å². The lowest BCUT2D eigenvalue weighted by Gasteiger charge is -2.31. The summed E-state index contributed by atoms with van der Waals surface area (Å²) in [6.45, 7) is 5.02. The van der Waals surface area contributed by atoms with Crippen LogP contribution < -0.4 is 15.0 Å². The summed E-state index contributed by atoms with van der Waals surface area (Å²) in [4.78, 5) is 23.5. The first kappa shape index (κ1) is 19.3. The van der Waals surface area contributed by atoms with E-state index in [1.54, 1.807) is 13.3 Å². The molecule has 3 heterocycles. The van der Waals surface area contributed by atoms with Gasteiger partial charge >= 0.3 is 0 Å². The van der Waals surface area contributed by atoms with E-state index >= 15 is 0 Å². The van der Waals surface area contributed by atoms with Crippen molar-refractivity contribution in [3.63, 3.8) is 0 Å². The van der Waals surface area contributed by atoms with Crippen molar-refractivity contribution in [3.05, 3.63) is 36.4 Å². The van der Waals surface area contributed by atoms with E-state index in [1.165, 1.54) is 0 Å². The Balaban J connectivity index is 1.35.